The number of allylic oxidation sites excluding steroid dienone is 2. The Morgan fingerprint density at radius 2 is 1.70 bits per heavy atom. The number of alkyl halides is 2. The minimum Gasteiger partial charge on any atom is -0.504 e. The van der Waals surface area contributed by atoms with Crippen LogP contribution in [0.25, 0.3) is 0 Å². The van der Waals surface area contributed by atoms with Crippen LogP contribution in [0.4, 0.5) is 5.69 Å². The van der Waals surface area contributed by atoms with Crippen molar-refractivity contribution in [3.63, 3.8) is 0 Å². The number of para-hydroxylation sites is 1. The minimum absolute atomic E-state index is 0.108. The van der Waals surface area contributed by atoms with Gasteiger partial charge in [-0.15, -0.1) is 23.2 Å². The molecule has 2 aromatic rings. The zero-order valence-corrected chi connectivity index (χ0v) is 23.7. The summed E-state index contributed by atoms with van der Waals surface area (Å²) in [5, 5.41) is 11.2. The molecule has 2 aliphatic carbocycles. The number of hydrogen-bond acceptors (Lipinski definition) is 6. The second-order valence-corrected chi connectivity index (χ2v) is 12.2. The van der Waals surface area contributed by atoms with E-state index in [1.54, 1.807) is 30.3 Å². The number of benzene rings is 2. The Kier molecular flexibility index (Phi) is 6.09. The lowest BCUT2D eigenvalue weighted by atomic mass is 9.56. The number of phenols is 1. The molecule has 6 atom stereocenters. The predicted octanol–water partition coefficient (Wildman–Crippen LogP) is 4.16. The van der Waals surface area contributed by atoms with E-state index in [4.69, 9.17) is 27.9 Å². The molecule has 208 valence electrons. The lowest BCUT2D eigenvalue weighted by Crippen LogP contribution is -2.60. The average molecular weight is 583 g/mol. The molecule has 1 N–H and O–H groups in total. The van der Waals surface area contributed by atoms with E-state index in [2.05, 4.69) is 0 Å². The number of methoxy groups -OCH3 is 1. The predicted molar refractivity (Wildman–Crippen MR) is 148 cm³/mol. The van der Waals surface area contributed by atoms with E-state index >= 15 is 0 Å². The smallest absolute Gasteiger partial charge is 0.253 e. The number of rotatable bonds is 4. The molecule has 0 bridgehead atoms. The van der Waals surface area contributed by atoms with Crippen molar-refractivity contribution in [1.29, 1.82) is 0 Å². The number of carbonyl (C=O) groups is 4. The number of likely N-dealkylation sites (tertiary alicyclic amines) is 1. The molecule has 6 rings (SSSR count). The van der Waals surface area contributed by atoms with E-state index in [1.807, 2.05) is 25.1 Å². The number of hydrogen-bond donors (Lipinski definition) is 1. The summed E-state index contributed by atoms with van der Waals surface area (Å²) < 4.78 is 5.32. The van der Waals surface area contributed by atoms with E-state index in [1.165, 1.54) is 19.1 Å². The van der Waals surface area contributed by atoms with E-state index in [0.29, 0.717) is 11.3 Å². The molecule has 10 heteroatoms. The third-order valence-electron chi connectivity index (χ3n) is 9.18. The highest BCUT2D eigenvalue weighted by molar-refractivity contribution is 6.53. The zero-order valence-electron chi connectivity index (χ0n) is 22.2. The molecule has 1 saturated carbocycles. The number of nitrogens with zero attached hydrogens (tertiary/aromatic N) is 2. The Morgan fingerprint density at radius 3 is 2.35 bits per heavy atom. The highest BCUT2D eigenvalue weighted by Crippen LogP contribution is 2.66. The summed E-state index contributed by atoms with van der Waals surface area (Å²) in [6.07, 6.45) is 2.79. The second kappa shape index (κ2) is 9.08. The number of carbonyl (C=O) groups excluding carboxylic acids is 4. The van der Waals surface area contributed by atoms with Gasteiger partial charge in [-0.05, 0) is 48.9 Å². The van der Waals surface area contributed by atoms with Gasteiger partial charge in [0.25, 0.3) is 11.8 Å². The third-order valence-corrected chi connectivity index (χ3v) is 10.6. The van der Waals surface area contributed by atoms with Crippen LogP contribution >= 0.6 is 23.2 Å². The number of halogens is 2. The molecule has 2 heterocycles. The number of fused-ring (bicyclic) bond motifs is 4. The molecular weight excluding hydrogens is 555 g/mol. The molecule has 2 aromatic carbocycles. The van der Waals surface area contributed by atoms with Gasteiger partial charge in [0.2, 0.25) is 11.8 Å². The van der Waals surface area contributed by atoms with Crippen molar-refractivity contribution < 1.29 is 29.0 Å². The number of imide groups is 2. The van der Waals surface area contributed by atoms with Crippen molar-refractivity contribution >= 4 is 52.5 Å². The maximum Gasteiger partial charge on any atom is 0.253 e. The molecule has 0 radical (unpaired) electrons. The zero-order chi connectivity index (χ0) is 28.7. The molecule has 40 heavy (non-hydrogen) atoms. The van der Waals surface area contributed by atoms with Crippen molar-refractivity contribution in [3.8, 4) is 11.5 Å². The summed E-state index contributed by atoms with van der Waals surface area (Å²) in [5.41, 5.74) is 2.43. The highest BCUT2D eigenvalue weighted by atomic mass is 35.5. The van der Waals surface area contributed by atoms with Crippen LogP contribution in [0.5, 0.6) is 11.5 Å². The number of aromatic hydroxyl groups is 1. The van der Waals surface area contributed by atoms with Crippen LogP contribution in [0.1, 0.15) is 36.8 Å². The minimum atomic E-state index is -1.97. The van der Waals surface area contributed by atoms with Gasteiger partial charge in [0.15, 0.2) is 21.2 Å². The monoisotopic (exact) mass is 582 g/mol. The Morgan fingerprint density at radius 1 is 1.00 bits per heavy atom. The van der Waals surface area contributed by atoms with Crippen LogP contribution in [0.15, 0.2) is 54.1 Å². The Balaban J connectivity index is 1.51. The van der Waals surface area contributed by atoms with Crippen molar-refractivity contribution in [2.45, 2.75) is 41.9 Å². The van der Waals surface area contributed by atoms with Crippen molar-refractivity contribution in [2.75, 3.05) is 19.1 Å². The highest BCUT2D eigenvalue weighted by Gasteiger charge is 2.76. The number of aryl methyl sites for hydroxylation is 1. The summed E-state index contributed by atoms with van der Waals surface area (Å²) in [6, 6.07) is 12.1. The first kappa shape index (κ1) is 26.8. The lowest BCUT2D eigenvalue weighted by molar-refractivity contribution is -0.138. The average Bonchev–Trinajstić information content (AvgIpc) is 3.28. The van der Waals surface area contributed by atoms with Gasteiger partial charge in [-0.2, -0.15) is 0 Å². The molecule has 0 aromatic heterocycles. The maximum atomic E-state index is 14.0. The molecule has 2 saturated heterocycles. The lowest BCUT2D eigenvalue weighted by Gasteiger charge is -2.50. The van der Waals surface area contributed by atoms with E-state index in [-0.39, 0.29) is 41.7 Å². The standard InChI is InChI=1S/C30H28Cl2N2O6/c1-4-15-8-10-16(11-9-15)34-25(36)18-13-12-17-20(22(18)26(34)37)14-29(31)27(38)33(2)28(39)30(29,32)23(17)19-6-5-7-21(40-3)24(19)35/h5-12,18,20,22-23,35H,4,13-14H2,1-3H3. The molecule has 0 spiro atoms. The third kappa shape index (κ3) is 3.26. The molecule has 4 amide bonds. The van der Waals surface area contributed by atoms with Gasteiger partial charge >= 0.3 is 0 Å². The molecule has 6 unspecified atom stereocenters. The van der Waals surface area contributed by atoms with Crippen molar-refractivity contribution in [3.05, 3.63) is 65.2 Å². The molecule has 8 nitrogen and oxygen atoms in total. The first-order valence-corrected chi connectivity index (χ1v) is 14.0. The number of amides is 4. The van der Waals surface area contributed by atoms with Crippen LogP contribution in [0.3, 0.4) is 0 Å². The van der Waals surface area contributed by atoms with Gasteiger partial charge in [-0.3, -0.25) is 29.0 Å². The maximum absolute atomic E-state index is 14.0. The van der Waals surface area contributed by atoms with Crippen LogP contribution in [0, 0.1) is 17.8 Å². The summed E-state index contributed by atoms with van der Waals surface area (Å²) >= 11 is 14.3. The molecular formula is C30H28Cl2N2O6. The number of ether oxygens (including phenoxy) is 1. The van der Waals surface area contributed by atoms with E-state index in [9.17, 15) is 24.3 Å². The Hall–Kier alpha value is -3.36. The fourth-order valence-electron chi connectivity index (χ4n) is 7.16. The van der Waals surface area contributed by atoms with Crippen molar-refractivity contribution in [2.24, 2.45) is 17.8 Å². The van der Waals surface area contributed by atoms with E-state index < -0.39 is 45.2 Å². The van der Waals surface area contributed by atoms with Gasteiger partial charge < -0.3 is 9.84 Å². The Bertz CT molecular complexity index is 1510. The normalized spacial score (nSPS) is 33.1. The van der Waals surface area contributed by atoms with Gasteiger partial charge in [0.1, 0.15) is 0 Å². The molecule has 4 aliphatic rings. The summed E-state index contributed by atoms with van der Waals surface area (Å²) in [7, 11) is 2.73. The largest absolute Gasteiger partial charge is 0.504 e. The van der Waals surface area contributed by atoms with E-state index in [0.717, 1.165) is 16.9 Å². The van der Waals surface area contributed by atoms with Gasteiger partial charge in [-0.1, -0.05) is 42.8 Å². The van der Waals surface area contributed by atoms with Gasteiger partial charge in [-0.25, -0.2) is 0 Å². The number of phenolic OH excluding ortho intramolecular Hbond substituents is 1. The first-order valence-electron chi connectivity index (χ1n) is 13.2. The fourth-order valence-corrected chi connectivity index (χ4v) is 8.17. The topological polar surface area (TPSA) is 104 Å². The SMILES string of the molecule is CCc1ccc(N2C(=O)C3CC=C4C(CC5(Cl)C(=O)N(C)C(=O)C5(Cl)C4c4cccc(OC)c4O)C3C2=O)cc1. The summed E-state index contributed by atoms with van der Waals surface area (Å²) in [4.78, 5) is 53.1. The van der Waals surface area contributed by atoms with Crippen LogP contribution in [-0.4, -0.2) is 57.5 Å². The summed E-state index contributed by atoms with van der Waals surface area (Å²) in [6.45, 7) is 2.02. The Labute approximate surface area is 241 Å². The van der Waals surface area contributed by atoms with Gasteiger partial charge in [0.05, 0.1) is 24.6 Å². The van der Waals surface area contributed by atoms with Gasteiger partial charge in [0, 0.05) is 18.5 Å². The van der Waals surface area contributed by atoms with Crippen LogP contribution < -0.4 is 9.64 Å². The van der Waals surface area contributed by atoms with Crippen LogP contribution in [-0.2, 0) is 25.6 Å². The molecule has 3 fully saturated rings. The first-order chi connectivity index (χ1) is 19.0. The second-order valence-electron chi connectivity index (χ2n) is 10.9. The quantitative estimate of drug-likeness (QED) is 0.330. The fraction of sp³-hybridized carbons (Fsp3) is 0.400. The molecule has 2 aliphatic heterocycles. The summed E-state index contributed by atoms with van der Waals surface area (Å²) in [5.74, 6) is -5.31. The van der Waals surface area contributed by atoms with Crippen molar-refractivity contribution in [1.82, 2.24) is 4.90 Å². The number of anilines is 1. The van der Waals surface area contributed by atoms with Crippen LogP contribution in [0.2, 0.25) is 0 Å².